The zero-order chi connectivity index (χ0) is 15.9. The average Bonchev–Trinajstić information content (AvgIpc) is 2.52. The van der Waals surface area contributed by atoms with Crippen LogP contribution in [0.15, 0.2) is 53.0 Å². The van der Waals surface area contributed by atoms with Crippen molar-refractivity contribution < 1.29 is 9.66 Å². The lowest BCUT2D eigenvalue weighted by Gasteiger charge is -2.09. The summed E-state index contributed by atoms with van der Waals surface area (Å²) in [6, 6.07) is 13.6. The molecule has 0 N–H and O–H groups in total. The molecule has 5 nitrogen and oxygen atoms in total. The van der Waals surface area contributed by atoms with Gasteiger partial charge in [-0.25, -0.2) is 0 Å². The molecular formula is C16H11BrN2O3. The van der Waals surface area contributed by atoms with E-state index in [0.29, 0.717) is 5.75 Å². The Balaban J connectivity index is 2.12. The maximum absolute atomic E-state index is 10.6. The Bertz CT molecular complexity index is 749. The van der Waals surface area contributed by atoms with Gasteiger partial charge in [-0.05, 0) is 42.0 Å². The summed E-state index contributed by atoms with van der Waals surface area (Å²) in [6.45, 7) is 0.285. The van der Waals surface area contributed by atoms with Crippen molar-refractivity contribution in [3.63, 3.8) is 0 Å². The molecule has 2 rings (SSSR count). The van der Waals surface area contributed by atoms with E-state index in [1.165, 1.54) is 18.2 Å². The fraction of sp³-hybridized carbons (Fsp3) is 0.0625. The first-order valence-electron chi connectivity index (χ1n) is 6.32. The number of nitriles is 1. The van der Waals surface area contributed by atoms with E-state index in [2.05, 4.69) is 15.9 Å². The van der Waals surface area contributed by atoms with Gasteiger partial charge in [-0.1, -0.05) is 15.9 Å². The smallest absolute Gasteiger partial charge is 0.269 e. The minimum Gasteiger partial charge on any atom is -0.488 e. The Morgan fingerprint density at radius 1 is 1.27 bits per heavy atom. The van der Waals surface area contributed by atoms with Gasteiger partial charge in [0.1, 0.15) is 12.4 Å². The first-order valence-corrected chi connectivity index (χ1v) is 7.11. The highest BCUT2D eigenvalue weighted by Gasteiger charge is 2.06. The molecule has 110 valence electrons. The van der Waals surface area contributed by atoms with E-state index in [1.54, 1.807) is 24.3 Å². The summed E-state index contributed by atoms with van der Waals surface area (Å²) in [5, 5.41) is 19.2. The summed E-state index contributed by atoms with van der Waals surface area (Å²) >= 11 is 3.37. The monoisotopic (exact) mass is 358 g/mol. The van der Waals surface area contributed by atoms with Crippen LogP contribution in [-0.4, -0.2) is 4.92 Å². The molecule has 22 heavy (non-hydrogen) atoms. The Labute approximate surface area is 135 Å². The number of nitro benzene ring substituents is 1. The van der Waals surface area contributed by atoms with Crippen LogP contribution in [0, 0.1) is 21.4 Å². The summed E-state index contributed by atoms with van der Waals surface area (Å²) in [6.07, 6.45) is 3.04. The molecule has 0 atom stereocenters. The Kier molecular flexibility index (Phi) is 5.28. The summed E-state index contributed by atoms with van der Waals surface area (Å²) in [5.41, 5.74) is 1.65. The summed E-state index contributed by atoms with van der Waals surface area (Å²) in [5.74, 6) is 0.632. The van der Waals surface area contributed by atoms with Gasteiger partial charge in [0.25, 0.3) is 5.69 Å². The van der Waals surface area contributed by atoms with Gasteiger partial charge in [0, 0.05) is 28.2 Å². The maximum atomic E-state index is 10.6. The van der Waals surface area contributed by atoms with Crippen LogP contribution in [-0.2, 0) is 6.61 Å². The molecule has 0 aliphatic rings. The molecular weight excluding hydrogens is 348 g/mol. The van der Waals surface area contributed by atoms with Gasteiger partial charge in [-0.15, -0.1) is 0 Å². The number of nitro groups is 1. The molecule has 2 aromatic rings. The topological polar surface area (TPSA) is 76.2 Å². The van der Waals surface area contributed by atoms with E-state index in [-0.39, 0.29) is 12.3 Å². The van der Waals surface area contributed by atoms with Crippen LogP contribution >= 0.6 is 15.9 Å². The zero-order valence-corrected chi connectivity index (χ0v) is 13.0. The standard InChI is InChI=1S/C16H11BrN2O3/c17-14-5-8-16(13(10-14)2-1-9-18)22-11-12-3-6-15(7-4-12)19(20)21/h1-8,10H,11H2/b2-1+. The molecule has 0 radical (unpaired) electrons. The van der Waals surface area contributed by atoms with E-state index >= 15 is 0 Å². The van der Waals surface area contributed by atoms with Gasteiger partial charge >= 0.3 is 0 Å². The molecule has 0 spiro atoms. The normalized spacial score (nSPS) is 10.4. The van der Waals surface area contributed by atoms with E-state index in [1.807, 2.05) is 18.2 Å². The molecule has 6 heteroatoms. The fourth-order valence-electron chi connectivity index (χ4n) is 1.78. The molecule has 0 aromatic heterocycles. The van der Waals surface area contributed by atoms with Crippen LogP contribution in [0.4, 0.5) is 5.69 Å². The van der Waals surface area contributed by atoms with Crippen molar-refractivity contribution in [3.8, 4) is 11.8 Å². The first-order chi connectivity index (χ1) is 10.6. The van der Waals surface area contributed by atoms with Crippen molar-refractivity contribution in [1.82, 2.24) is 0 Å². The second kappa shape index (κ2) is 7.38. The number of halogens is 1. The fourth-order valence-corrected chi connectivity index (χ4v) is 2.16. The highest BCUT2D eigenvalue weighted by atomic mass is 79.9. The van der Waals surface area contributed by atoms with Gasteiger partial charge in [-0.2, -0.15) is 5.26 Å². The molecule has 0 amide bonds. The average molecular weight is 359 g/mol. The lowest BCUT2D eigenvalue weighted by molar-refractivity contribution is -0.384. The number of ether oxygens (including phenoxy) is 1. The number of allylic oxidation sites excluding steroid dienone is 1. The van der Waals surface area contributed by atoms with E-state index in [0.717, 1.165) is 15.6 Å². The molecule has 2 aromatic carbocycles. The SMILES string of the molecule is N#C/C=C/c1cc(Br)ccc1OCc1ccc([N+](=O)[O-])cc1. The van der Waals surface area contributed by atoms with E-state index in [9.17, 15) is 10.1 Å². The van der Waals surface area contributed by atoms with Crippen LogP contribution in [0.5, 0.6) is 5.75 Å². The largest absolute Gasteiger partial charge is 0.488 e. The third-order valence-corrected chi connectivity index (χ3v) is 3.34. The first kappa shape index (κ1) is 15.7. The molecule has 0 saturated carbocycles. The summed E-state index contributed by atoms with van der Waals surface area (Å²) in [4.78, 5) is 10.2. The van der Waals surface area contributed by atoms with Crippen LogP contribution < -0.4 is 4.74 Å². The highest BCUT2D eigenvalue weighted by molar-refractivity contribution is 9.10. The number of non-ortho nitro benzene ring substituents is 1. The Morgan fingerprint density at radius 3 is 2.64 bits per heavy atom. The Morgan fingerprint density at radius 2 is 2.00 bits per heavy atom. The number of benzene rings is 2. The van der Waals surface area contributed by atoms with Crippen molar-refractivity contribution in [1.29, 1.82) is 5.26 Å². The van der Waals surface area contributed by atoms with Gasteiger partial charge in [0.05, 0.1) is 11.0 Å². The van der Waals surface area contributed by atoms with Crippen molar-refractivity contribution >= 4 is 27.7 Å². The van der Waals surface area contributed by atoms with Gasteiger partial charge in [0.2, 0.25) is 0 Å². The molecule has 0 fully saturated rings. The molecule has 0 bridgehead atoms. The van der Waals surface area contributed by atoms with Crippen molar-refractivity contribution in [2.45, 2.75) is 6.61 Å². The third kappa shape index (κ3) is 4.17. The molecule has 0 heterocycles. The molecule has 0 unspecified atom stereocenters. The summed E-state index contributed by atoms with van der Waals surface area (Å²) < 4.78 is 6.61. The van der Waals surface area contributed by atoms with Gasteiger partial charge in [-0.3, -0.25) is 10.1 Å². The number of hydrogen-bond donors (Lipinski definition) is 0. The maximum Gasteiger partial charge on any atom is 0.269 e. The highest BCUT2D eigenvalue weighted by Crippen LogP contribution is 2.25. The van der Waals surface area contributed by atoms with Crippen molar-refractivity contribution in [3.05, 3.63) is 74.3 Å². The van der Waals surface area contributed by atoms with Gasteiger partial charge in [0.15, 0.2) is 0 Å². The second-order valence-corrected chi connectivity index (χ2v) is 5.27. The lowest BCUT2D eigenvalue weighted by Crippen LogP contribution is -1.97. The van der Waals surface area contributed by atoms with Crippen LogP contribution in [0.3, 0.4) is 0 Å². The van der Waals surface area contributed by atoms with Crippen LogP contribution in [0.1, 0.15) is 11.1 Å². The van der Waals surface area contributed by atoms with Gasteiger partial charge < -0.3 is 4.74 Å². The number of nitrogens with zero attached hydrogens (tertiary/aromatic N) is 2. The quantitative estimate of drug-likeness (QED) is 0.448. The van der Waals surface area contributed by atoms with Crippen molar-refractivity contribution in [2.24, 2.45) is 0 Å². The van der Waals surface area contributed by atoms with Crippen LogP contribution in [0.25, 0.3) is 6.08 Å². The minimum absolute atomic E-state index is 0.0463. The second-order valence-electron chi connectivity index (χ2n) is 4.36. The van der Waals surface area contributed by atoms with Crippen LogP contribution in [0.2, 0.25) is 0 Å². The predicted molar refractivity (Wildman–Crippen MR) is 86.2 cm³/mol. The number of hydrogen-bond acceptors (Lipinski definition) is 4. The summed E-state index contributed by atoms with van der Waals surface area (Å²) in [7, 11) is 0. The van der Waals surface area contributed by atoms with Crippen molar-refractivity contribution in [2.75, 3.05) is 0 Å². The Hall–Kier alpha value is -2.65. The van der Waals surface area contributed by atoms with E-state index < -0.39 is 4.92 Å². The third-order valence-electron chi connectivity index (χ3n) is 2.85. The molecule has 0 saturated heterocycles. The predicted octanol–water partition coefficient (Wildman–Crippen LogP) is 4.47. The minimum atomic E-state index is -0.440. The lowest BCUT2D eigenvalue weighted by atomic mass is 10.2. The zero-order valence-electron chi connectivity index (χ0n) is 11.4. The van der Waals surface area contributed by atoms with E-state index in [4.69, 9.17) is 10.00 Å². The number of rotatable bonds is 5. The molecule has 0 aliphatic heterocycles. The molecule has 0 aliphatic carbocycles.